The zero-order valence-electron chi connectivity index (χ0n) is 11.6. The predicted molar refractivity (Wildman–Crippen MR) is 75.9 cm³/mol. The lowest BCUT2D eigenvalue weighted by atomic mass is 10.3. The Labute approximate surface area is 118 Å². The van der Waals surface area contributed by atoms with Crippen LogP contribution in [0.2, 0.25) is 0 Å². The Hall–Kier alpha value is -2.37. The molecular weight excluding hydrogens is 254 g/mol. The number of carbonyl (C=O) groups is 1. The fraction of sp³-hybridized carbons (Fsp3) is 0.357. The van der Waals surface area contributed by atoms with Gasteiger partial charge >= 0.3 is 6.03 Å². The van der Waals surface area contributed by atoms with E-state index in [-0.39, 0.29) is 6.03 Å². The minimum absolute atomic E-state index is 0.0869. The molecule has 6 heteroatoms. The molecule has 0 aliphatic carbocycles. The molecule has 0 atom stereocenters. The van der Waals surface area contributed by atoms with Gasteiger partial charge < -0.3 is 10.2 Å². The van der Waals surface area contributed by atoms with Gasteiger partial charge in [0.2, 0.25) is 0 Å². The van der Waals surface area contributed by atoms with Crippen molar-refractivity contribution in [2.24, 2.45) is 0 Å². The van der Waals surface area contributed by atoms with Crippen LogP contribution in [0.4, 0.5) is 4.79 Å². The summed E-state index contributed by atoms with van der Waals surface area (Å²) in [6.07, 6.45) is 6.24. The van der Waals surface area contributed by atoms with Gasteiger partial charge in [-0.3, -0.25) is 9.67 Å². The molecule has 0 aliphatic heterocycles. The van der Waals surface area contributed by atoms with Crippen molar-refractivity contribution in [2.75, 3.05) is 13.6 Å². The van der Waals surface area contributed by atoms with Gasteiger partial charge in [-0.25, -0.2) is 4.79 Å². The number of nitrogens with one attached hydrogen (secondary N) is 1. The van der Waals surface area contributed by atoms with Crippen LogP contribution < -0.4 is 5.32 Å². The quantitative estimate of drug-likeness (QED) is 0.811. The summed E-state index contributed by atoms with van der Waals surface area (Å²) in [6.45, 7) is 1.94. The van der Waals surface area contributed by atoms with Crippen LogP contribution in [0.25, 0.3) is 0 Å². The van der Waals surface area contributed by atoms with Crippen molar-refractivity contribution in [3.63, 3.8) is 0 Å². The van der Waals surface area contributed by atoms with Crippen molar-refractivity contribution < 1.29 is 4.79 Å². The Bertz CT molecular complexity index is 512. The molecule has 0 bridgehead atoms. The summed E-state index contributed by atoms with van der Waals surface area (Å²) >= 11 is 0. The van der Waals surface area contributed by atoms with E-state index in [2.05, 4.69) is 15.4 Å². The van der Waals surface area contributed by atoms with E-state index in [0.717, 1.165) is 18.7 Å². The molecule has 0 saturated carbocycles. The molecule has 6 nitrogen and oxygen atoms in total. The molecule has 2 rings (SSSR count). The molecule has 2 amide bonds. The number of nitrogens with zero attached hydrogens (tertiary/aromatic N) is 4. The maximum absolute atomic E-state index is 11.9. The number of amides is 2. The van der Waals surface area contributed by atoms with Crippen LogP contribution in [0.1, 0.15) is 12.1 Å². The topological polar surface area (TPSA) is 63.1 Å². The molecule has 0 saturated heterocycles. The van der Waals surface area contributed by atoms with E-state index in [4.69, 9.17) is 0 Å². The third-order valence-electron chi connectivity index (χ3n) is 2.87. The first kappa shape index (κ1) is 14.0. The van der Waals surface area contributed by atoms with Crippen LogP contribution in [0.3, 0.4) is 0 Å². The average molecular weight is 273 g/mol. The van der Waals surface area contributed by atoms with Gasteiger partial charge in [0.25, 0.3) is 0 Å². The summed E-state index contributed by atoms with van der Waals surface area (Å²) in [5.74, 6) is 0. The lowest BCUT2D eigenvalue weighted by Crippen LogP contribution is -2.37. The molecule has 2 aromatic rings. The van der Waals surface area contributed by atoms with Gasteiger partial charge in [-0.15, -0.1) is 0 Å². The molecule has 0 aliphatic rings. The maximum Gasteiger partial charge on any atom is 0.317 e. The SMILES string of the molecule is CN(Cc1ccccn1)C(=O)NCCCn1cccn1. The standard InChI is InChI=1S/C14H19N5O/c1-18(12-13-6-2-3-7-15-13)14(20)16-8-4-10-19-11-5-9-17-19/h2-3,5-7,9,11H,4,8,10,12H2,1H3,(H,16,20). The molecule has 2 aromatic heterocycles. The molecule has 0 aromatic carbocycles. The molecule has 0 radical (unpaired) electrons. The van der Waals surface area contributed by atoms with Crippen molar-refractivity contribution in [3.8, 4) is 0 Å². The third-order valence-corrected chi connectivity index (χ3v) is 2.87. The highest BCUT2D eigenvalue weighted by molar-refractivity contribution is 5.73. The number of rotatable bonds is 6. The molecule has 1 N–H and O–H groups in total. The second-order valence-corrected chi connectivity index (χ2v) is 4.53. The highest BCUT2D eigenvalue weighted by atomic mass is 16.2. The van der Waals surface area contributed by atoms with Crippen molar-refractivity contribution in [3.05, 3.63) is 48.5 Å². The predicted octanol–water partition coefficient (Wildman–Crippen LogP) is 1.51. The second kappa shape index (κ2) is 7.28. The minimum Gasteiger partial charge on any atom is -0.338 e. The van der Waals surface area contributed by atoms with Crippen LogP contribution in [0.5, 0.6) is 0 Å². The highest BCUT2D eigenvalue weighted by Gasteiger charge is 2.08. The van der Waals surface area contributed by atoms with Gasteiger partial charge in [-0.2, -0.15) is 5.10 Å². The summed E-state index contributed by atoms with van der Waals surface area (Å²) in [7, 11) is 1.76. The van der Waals surface area contributed by atoms with E-state index in [1.807, 2.05) is 35.1 Å². The Morgan fingerprint density at radius 1 is 1.35 bits per heavy atom. The number of carbonyl (C=O) groups excluding carboxylic acids is 1. The van der Waals surface area contributed by atoms with Crippen molar-refractivity contribution in [1.29, 1.82) is 0 Å². The molecule has 0 unspecified atom stereocenters. The summed E-state index contributed by atoms with van der Waals surface area (Å²) in [4.78, 5) is 17.7. The summed E-state index contributed by atoms with van der Waals surface area (Å²) in [6, 6.07) is 7.48. The van der Waals surface area contributed by atoms with Crippen LogP contribution >= 0.6 is 0 Å². The summed E-state index contributed by atoms with van der Waals surface area (Å²) < 4.78 is 1.85. The van der Waals surface area contributed by atoms with E-state index in [9.17, 15) is 4.79 Å². The Balaban J connectivity index is 1.66. The first-order chi connectivity index (χ1) is 9.75. The van der Waals surface area contributed by atoms with Gasteiger partial charge in [0.15, 0.2) is 0 Å². The zero-order valence-corrected chi connectivity index (χ0v) is 11.6. The van der Waals surface area contributed by atoms with Gasteiger partial charge in [0.05, 0.1) is 12.2 Å². The normalized spacial score (nSPS) is 10.2. The number of hydrogen-bond donors (Lipinski definition) is 1. The number of pyridine rings is 1. The van der Waals surface area contributed by atoms with Crippen LogP contribution in [0.15, 0.2) is 42.9 Å². The largest absolute Gasteiger partial charge is 0.338 e. The average Bonchev–Trinajstić information content (AvgIpc) is 2.97. The highest BCUT2D eigenvalue weighted by Crippen LogP contribution is 1.98. The fourth-order valence-electron chi connectivity index (χ4n) is 1.81. The van der Waals surface area contributed by atoms with E-state index in [0.29, 0.717) is 13.1 Å². The monoisotopic (exact) mass is 273 g/mol. The molecular formula is C14H19N5O. The number of aryl methyl sites for hydroxylation is 1. The van der Waals surface area contributed by atoms with Gasteiger partial charge in [0, 0.05) is 38.7 Å². The smallest absolute Gasteiger partial charge is 0.317 e. The van der Waals surface area contributed by atoms with E-state index < -0.39 is 0 Å². The van der Waals surface area contributed by atoms with Gasteiger partial charge in [0.1, 0.15) is 0 Å². The van der Waals surface area contributed by atoms with Crippen LogP contribution in [-0.2, 0) is 13.1 Å². The lowest BCUT2D eigenvalue weighted by molar-refractivity contribution is 0.206. The minimum atomic E-state index is -0.0869. The Kier molecular flexibility index (Phi) is 5.11. The van der Waals surface area contributed by atoms with Crippen molar-refractivity contribution in [2.45, 2.75) is 19.5 Å². The number of urea groups is 1. The van der Waals surface area contributed by atoms with Crippen molar-refractivity contribution in [1.82, 2.24) is 25.0 Å². The first-order valence-corrected chi connectivity index (χ1v) is 6.62. The van der Waals surface area contributed by atoms with Crippen molar-refractivity contribution >= 4 is 6.03 Å². The number of hydrogen-bond acceptors (Lipinski definition) is 3. The Morgan fingerprint density at radius 3 is 2.95 bits per heavy atom. The summed E-state index contributed by atoms with van der Waals surface area (Å²) in [5, 5.41) is 6.99. The molecule has 2 heterocycles. The number of aromatic nitrogens is 3. The lowest BCUT2D eigenvalue weighted by Gasteiger charge is -2.17. The molecule has 0 spiro atoms. The summed E-state index contributed by atoms with van der Waals surface area (Å²) in [5.41, 5.74) is 0.877. The zero-order chi connectivity index (χ0) is 14.2. The maximum atomic E-state index is 11.9. The first-order valence-electron chi connectivity index (χ1n) is 6.62. The third kappa shape index (κ3) is 4.38. The Morgan fingerprint density at radius 2 is 2.25 bits per heavy atom. The van der Waals surface area contributed by atoms with Gasteiger partial charge in [-0.05, 0) is 24.6 Å². The van der Waals surface area contributed by atoms with E-state index in [1.165, 1.54) is 0 Å². The van der Waals surface area contributed by atoms with E-state index in [1.54, 1.807) is 24.3 Å². The molecule has 20 heavy (non-hydrogen) atoms. The fourth-order valence-corrected chi connectivity index (χ4v) is 1.81. The van der Waals surface area contributed by atoms with Gasteiger partial charge in [-0.1, -0.05) is 6.07 Å². The molecule has 0 fully saturated rings. The van der Waals surface area contributed by atoms with Crippen LogP contribution in [-0.4, -0.2) is 39.3 Å². The van der Waals surface area contributed by atoms with Crippen LogP contribution in [0, 0.1) is 0 Å². The van der Waals surface area contributed by atoms with E-state index >= 15 is 0 Å². The second-order valence-electron chi connectivity index (χ2n) is 4.53. The molecule has 106 valence electrons.